The van der Waals surface area contributed by atoms with Crippen LogP contribution in [0.25, 0.3) is 0 Å². The number of ether oxygens (including phenoxy) is 1. The molecule has 0 saturated carbocycles. The molecule has 1 amide bonds. The molecule has 29 heavy (non-hydrogen) atoms. The Morgan fingerprint density at radius 1 is 1.10 bits per heavy atom. The van der Waals surface area contributed by atoms with Gasteiger partial charge in [-0.05, 0) is 56.5 Å². The molecule has 0 bridgehead atoms. The number of hydrogen-bond acceptors (Lipinski definition) is 4. The zero-order valence-electron chi connectivity index (χ0n) is 16.9. The fourth-order valence-electron chi connectivity index (χ4n) is 3.28. The van der Waals surface area contributed by atoms with Crippen molar-refractivity contribution in [3.05, 3.63) is 59.7 Å². The standard InChI is InChI=1S/C22H28N2O4S/c1-17-9-11-20(12-10-17)28-18(2)22(25)23-16-19-7-6-8-21(15-19)29(26,27)24-13-4-3-5-14-24/h6-12,15,18H,3-5,13-14,16H2,1-2H3,(H,23,25). The third-order valence-corrected chi connectivity index (χ3v) is 6.92. The minimum absolute atomic E-state index is 0.240. The van der Waals surface area contributed by atoms with E-state index in [9.17, 15) is 13.2 Å². The number of nitrogens with zero attached hydrogens (tertiary/aromatic N) is 1. The Morgan fingerprint density at radius 3 is 2.48 bits per heavy atom. The lowest BCUT2D eigenvalue weighted by atomic mass is 10.2. The quantitative estimate of drug-likeness (QED) is 0.752. The monoisotopic (exact) mass is 416 g/mol. The number of carbonyl (C=O) groups is 1. The Morgan fingerprint density at radius 2 is 1.79 bits per heavy atom. The average molecular weight is 417 g/mol. The number of rotatable bonds is 7. The molecule has 0 aliphatic carbocycles. The van der Waals surface area contributed by atoms with Crippen molar-refractivity contribution < 1.29 is 17.9 Å². The summed E-state index contributed by atoms with van der Waals surface area (Å²) in [6, 6.07) is 14.3. The zero-order valence-corrected chi connectivity index (χ0v) is 17.7. The van der Waals surface area contributed by atoms with Crippen molar-refractivity contribution >= 4 is 15.9 Å². The number of amides is 1. The Kier molecular flexibility index (Phi) is 6.92. The second-order valence-corrected chi connectivity index (χ2v) is 9.34. The summed E-state index contributed by atoms with van der Waals surface area (Å²) in [6.07, 6.45) is 2.21. The number of carbonyl (C=O) groups excluding carboxylic acids is 1. The molecule has 156 valence electrons. The molecule has 1 saturated heterocycles. The van der Waals surface area contributed by atoms with Crippen LogP contribution in [0.5, 0.6) is 5.75 Å². The lowest BCUT2D eigenvalue weighted by Gasteiger charge is -2.26. The Bertz CT molecular complexity index is 936. The van der Waals surface area contributed by atoms with Gasteiger partial charge in [-0.1, -0.05) is 36.2 Å². The molecule has 3 rings (SSSR count). The van der Waals surface area contributed by atoms with E-state index in [4.69, 9.17) is 4.74 Å². The molecule has 1 aliphatic heterocycles. The molecule has 1 heterocycles. The third kappa shape index (κ3) is 5.58. The summed E-state index contributed by atoms with van der Waals surface area (Å²) >= 11 is 0. The number of piperidine rings is 1. The highest BCUT2D eigenvalue weighted by Gasteiger charge is 2.26. The van der Waals surface area contributed by atoms with Crippen LogP contribution < -0.4 is 10.1 Å². The normalized spacial score (nSPS) is 16.2. The first-order chi connectivity index (χ1) is 13.9. The van der Waals surface area contributed by atoms with Crippen molar-refractivity contribution in [1.82, 2.24) is 9.62 Å². The van der Waals surface area contributed by atoms with Crippen molar-refractivity contribution in [2.75, 3.05) is 13.1 Å². The van der Waals surface area contributed by atoms with Crippen LogP contribution in [0.3, 0.4) is 0 Å². The van der Waals surface area contributed by atoms with E-state index in [2.05, 4.69) is 5.32 Å². The van der Waals surface area contributed by atoms with Crippen LogP contribution in [0.1, 0.15) is 37.3 Å². The highest BCUT2D eigenvalue weighted by atomic mass is 32.2. The second kappa shape index (κ2) is 9.41. The van der Waals surface area contributed by atoms with Gasteiger partial charge in [0.1, 0.15) is 5.75 Å². The first-order valence-electron chi connectivity index (χ1n) is 9.96. The van der Waals surface area contributed by atoms with Crippen molar-refractivity contribution in [2.24, 2.45) is 0 Å². The van der Waals surface area contributed by atoms with Crippen molar-refractivity contribution in [2.45, 2.75) is 50.7 Å². The fourth-order valence-corrected chi connectivity index (χ4v) is 4.87. The predicted octanol–water partition coefficient (Wildman–Crippen LogP) is 3.25. The van der Waals surface area contributed by atoms with E-state index >= 15 is 0 Å². The highest BCUT2D eigenvalue weighted by molar-refractivity contribution is 7.89. The van der Waals surface area contributed by atoms with Gasteiger partial charge in [0, 0.05) is 19.6 Å². The Labute approximate surface area is 172 Å². The minimum Gasteiger partial charge on any atom is -0.481 e. The average Bonchev–Trinajstić information content (AvgIpc) is 2.74. The summed E-state index contributed by atoms with van der Waals surface area (Å²) in [5, 5.41) is 2.82. The van der Waals surface area contributed by atoms with Gasteiger partial charge in [-0.2, -0.15) is 4.31 Å². The second-order valence-electron chi connectivity index (χ2n) is 7.40. The molecule has 0 spiro atoms. The molecule has 1 atom stereocenters. The van der Waals surface area contributed by atoms with Crippen LogP contribution in [0, 0.1) is 6.92 Å². The molecule has 0 radical (unpaired) electrons. The van der Waals surface area contributed by atoms with E-state index in [1.165, 1.54) is 0 Å². The third-order valence-electron chi connectivity index (χ3n) is 5.02. The predicted molar refractivity (Wildman–Crippen MR) is 112 cm³/mol. The molecule has 6 nitrogen and oxygen atoms in total. The number of benzene rings is 2. The van der Waals surface area contributed by atoms with Crippen molar-refractivity contribution in [3.8, 4) is 5.75 Å². The molecule has 2 aromatic rings. The van der Waals surface area contributed by atoms with Crippen molar-refractivity contribution in [3.63, 3.8) is 0 Å². The fraction of sp³-hybridized carbons (Fsp3) is 0.409. The molecule has 1 N–H and O–H groups in total. The summed E-state index contributed by atoms with van der Waals surface area (Å²) in [5.41, 5.74) is 1.85. The van der Waals surface area contributed by atoms with Gasteiger partial charge in [-0.25, -0.2) is 8.42 Å². The first-order valence-corrected chi connectivity index (χ1v) is 11.4. The summed E-state index contributed by atoms with van der Waals surface area (Å²) in [4.78, 5) is 12.6. The smallest absolute Gasteiger partial charge is 0.261 e. The highest BCUT2D eigenvalue weighted by Crippen LogP contribution is 2.21. The first kappa shape index (κ1) is 21.3. The molecule has 1 fully saturated rings. The van der Waals surface area contributed by atoms with Gasteiger partial charge >= 0.3 is 0 Å². The maximum absolute atomic E-state index is 12.8. The summed E-state index contributed by atoms with van der Waals surface area (Å²) in [6.45, 7) is 5.05. The summed E-state index contributed by atoms with van der Waals surface area (Å²) in [7, 11) is -3.49. The molecule has 0 aromatic heterocycles. The SMILES string of the molecule is Cc1ccc(OC(C)C(=O)NCc2cccc(S(=O)(=O)N3CCCCC3)c2)cc1. The topological polar surface area (TPSA) is 75.7 Å². The summed E-state index contributed by atoms with van der Waals surface area (Å²) < 4.78 is 32.9. The van der Waals surface area contributed by atoms with Gasteiger partial charge in [0.2, 0.25) is 10.0 Å². The number of hydrogen-bond donors (Lipinski definition) is 1. The molecular weight excluding hydrogens is 388 g/mol. The molecule has 1 unspecified atom stereocenters. The van der Waals surface area contributed by atoms with Crippen LogP contribution in [-0.2, 0) is 21.4 Å². The molecular formula is C22H28N2O4S. The number of aryl methyl sites for hydroxylation is 1. The number of nitrogens with one attached hydrogen (secondary N) is 1. The lowest BCUT2D eigenvalue weighted by Crippen LogP contribution is -2.36. The zero-order chi connectivity index (χ0) is 20.9. The van der Waals surface area contributed by atoms with Crippen molar-refractivity contribution in [1.29, 1.82) is 0 Å². The molecule has 2 aromatic carbocycles. The van der Waals surface area contributed by atoms with Gasteiger partial charge in [0.25, 0.3) is 5.91 Å². The van der Waals surface area contributed by atoms with E-state index in [-0.39, 0.29) is 17.3 Å². The van der Waals surface area contributed by atoms with Crippen LogP contribution in [0.4, 0.5) is 0 Å². The Hall–Kier alpha value is -2.38. The van der Waals surface area contributed by atoms with Gasteiger partial charge in [-0.15, -0.1) is 0 Å². The van der Waals surface area contributed by atoms with Crippen LogP contribution in [-0.4, -0.2) is 37.8 Å². The molecule has 1 aliphatic rings. The van der Waals surface area contributed by atoms with Crippen LogP contribution in [0.15, 0.2) is 53.4 Å². The van der Waals surface area contributed by atoms with E-state index in [0.717, 1.165) is 30.4 Å². The van der Waals surface area contributed by atoms with Gasteiger partial charge in [0.15, 0.2) is 6.10 Å². The Balaban J connectivity index is 1.59. The lowest BCUT2D eigenvalue weighted by molar-refractivity contribution is -0.127. The maximum atomic E-state index is 12.8. The van der Waals surface area contributed by atoms with Crippen LogP contribution >= 0.6 is 0 Å². The van der Waals surface area contributed by atoms with E-state index in [0.29, 0.717) is 18.8 Å². The van der Waals surface area contributed by atoms with E-state index in [1.807, 2.05) is 31.2 Å². The van der Waals surface area contributed by atoms with Gasteiger partial charge in [0.05, 0.1) is 4.90 Å². The van der Waals surface area contributed by atoms with Crippen LogP contribution in [0.2, 0.25) is 0 Å². The summed E-state index contributed by atoms with van der Waals surface area (Å²) in [5.74, 6) is 0.378. The van der Waals surface area contributed by atoms with E-state index in [1.54, 1.807) is 35.5 Å². The largest absolute Gasteiger partial charge is 0.481 e. The number of sulfonamides is 1. The van der Waals surface area contributed by atoms with Gasteiger partial charge < -0.3 is 10.1 Å². The minimum atomic E-state index is -3.49. The van der Waals surface area contributed by atoms with E-state index < -0.39 is 16.1 Å². The maximum Gasteiger partial charge on any atom is 0.261 e. The molecule has 7 heteroatoms. The van der Waals surface area contributed by atoms with Gasteiger partial charge in [-0.3, -0.25) is 4.79 Å².